The first-order chi connectivity index (χ1) is 18.6. The van der Waals surface area contributed by atoms with Crippen LogP contribution in [0.3, 0.4) is 0 Å². The third-order valence-corrected chi connectivity index (χ3v) is 8.48. The van der Waals surface area contributed by atoms with Gasteiger partial charge in [-0.3, -0.25) is 9.69 Å². The lowest BCUT2D eigenvalue weighted by Gasteiger charge is -2.41. The number of hydrogen-bond donors (Lipinski definition) is 1. The average Bonchev–Trinajstić information content (AvgIpc) is 3.38. The molecule has 10 heteroatoms. The largest absolute Gasteiger partial charge is 0.416 e. The number of nitrogens with one attached hydrogen (secondary N) is 1. The normalized spacial score (nSPS) is 20.0. The van der Waals surface area contributed by atoms with Crippen molar-refractivity contribution in [2.45, 2.75) is 38.5 Å². The van der Waals surface area contributed by atoms with Crippen molar-refractivity contribution in [2.24, 2.45) is 0 Å². The fourth-order valence-corrected chi connectivity index (χ4v) is 6.31. The van der Waals surface area contributed by atoms with E-state index < -0.39 is 17.8 Å². The first kappa shape index (κ1) is 27.2. The predicted molar refractivity (Wildman–Crippen MR) is 146 cm³/mol. The van der Waals surface area contributed by atoms with E-state index in [0.717, 1.165) is 30.7 Å². The molecule has 0 unspecified atom stereocenters. The van der Waals surface area contributed by atoms with Crippen LogP contribution in [0.4, 0.5) is 23.7 Å². The number of carbonyl (C=O) groups excluding carboxylic acids is 2. The van der Waals surface area contributed by atoms with Crippen molar-refractivity contribution >= 4 is 29.0 Å². The van der Waals surface area contributed by atoms with Crippen LogP contribution in [0.2, 0.25) is 0 Å². The molecule has 3 heterocycles. The number of amides is 3. The Balaban J connectivity index is 1.22. The second-order valence-corrected chi connectivity index (χ2v) is 11.2. The van der Waals surface area contributed by atoms with E-state index >= 15 is 0 Å². The van der Waals surface area contributed by atoms with Gasteiger partial charge in [0, 0.05) is 42.8 Å². The Kier molecular flexibility index (Phi) is 7.68. The van der Waals surface area contributed by atoms with Gasteiger partial charge in [-0.25, -0.2) is 4.79 Å². The molecule has 2 aliphatic heterocycles. The number of hydrogen-bond acceptors (Lipinski definition) is 4. The van der Waals surface area contributed by atoms with Gasteiger partial charge in [-0.15, -0.1) is 11.3 Å². The summed E-state index contributed by atoms with van der Waals surface area (Å²) < 4.78 is 39.1. The number of piperazine rings is 1. The van der Waals surface area contributed by atoms with Crippen molar-refractivity contribution in [3.63, 3.8) is 0 Å². The molecule has 2 atom stereocenters. The van der Waals surface area contributed by atoms with E-state index in [2.05, 4.69) is 52.9 Å². The van der Waals surface area contributed by atoms with Crippen LogP contribution in [0, 0.1) is 6.92 Å². The molecular formula is C29H31F3N4O2S. The molecule has 3 amide bonds. The maximum Gasteiger partial charge on any atom is 0.416 e. The van der Waals surface area contributed by atoms with Crippen LogP contribution in [0.25, 0.3) is 0 Å². The Morgan fingerprint density at radius 1 is 1.05 bits per heavy atom. The highest BCUT2D eigenvalue weighted by Gasteiger charge is 2.35. The minimum absolute atomic E-state index is 0.00979. The summed E-state index contributed by atoms with van der Waals surface area (Å²) in [5.41, 5.74) is 2.87. The summed E-state index contributed by atoms with van der Waals surface area (Å²) in [6.45, 7) is 5.99. The predicted octanol–water partition coefficient (Wildman–Crippen LogP) is 5.79. The van der Waals surface area contributed by atoms with Gasteiger partial charge < -0.3 is 15.1 Å². The summed E-state index contributed by atoms with van der Waals surface area (Å²) in [6.07, 6.45) is -3.58. The lowest BCUT2D eigenvalue weighted by molar-refractivity contribution is -0.137. The quantitative estimate of drug-likeness (QED) is 0.443. The third kappa shape index (κ3) is 5.96. The summed E-state index contributed by atoms with van der Waals surface area (Å²) in [6, 6.07) is 14.5. The van der Waals surface area contributed by atoms with E-state index in [9.17, 15) is 22.8 Å². The molecule has 6 nitrogen and oxygen atoms in total. The van der Waals surface area contributed by atoms with Crippen molar-refractivity contribution in [2.75, 3.05) is 38.0 Å². The summed E-state index contributed by atoms with van der Waals surface area (Å²) in [5.74, 6) is 0.00979. The Morgan fingerprint density at radius 3 is 2.54 bits per heavy atom. The van der Waals surface area contributed by atoms with Gasteiger partial charge in [0.25, 0.3) is 0 Å². The Hall–Kier alpha value is -3.37. The highest BCUT2D eigenvalue weighted by atomic mass is 32.1. The fourth-order valence-electron chi connectivity index (χ4n) is 5.41. The molecule has 2 aliphatic rings. The molecule has 1 fully saturated rings. The van der Waals surface area contributed by atoms with Gasteiger partial charge in [0.2, 0.25) is 5.91 Å². The number of alkyl halides is 3. The van der Waals surface area contributed by atoms with E-state index in [1.54, 1.807) is 21.1 Å². The van der Waals surface area contributed by atoms with Gasteiger partial charge in [-0.05, 0) is 61.0 Å². The van der Waals surface area contributed by atoms with E-state index in [-0.39, 0.29) is 30.2 Å². The Morgan fingerprint density at radius 2 is 1.82 bits per heavy atom. The first-order valence-corrected chi connectivity index (χ1v) is 13.9. The van der Waals surface area contributed by atoms with Crippen LogP contribution in [-0.4, -0.2) is 65.4 Å². The summed E-state index contributed by atoms with van der Waals surface area (Å²) >= 11 is 1.76. The van der Waals surface area contributed by atoms with E-state index in [1.165, 1.54) is 28.1 Å². The van der Waals surface area contributed by atoms with Crippen molar-refractivity contribution in [3.05, 3.63) is 87.1 Å². The van der Waals surface area contributed by atoms with Gasteiger partial charge >= 0.3 is 12.2 Å². The minimum atomic E-state index is -4.49. The summed E-state index contributed by atoms with van der Waals surface area (Å²) in [4.78, 5) is 33.3. The van der Waals surface area contributed by atoms with Crippen molar-refractivity contribution < 1.29 is 22.8 Å². The number of rotatable bonds is 4. The third-order valence-electron chi connectivity index (χ3n) is 7.48. The number of carbonyl (C=O) groups is 2. The van der Waals surface area contributed by atoms with Crippen molar-refractivity contribution in [3.8, 4) is 0 Å². The van der Waals surface area contributed by atoms with E-state index in [4.69, 9.17) is 0 Å². The molecule has 1 aromatic heterocycles. The molecule has 0 radical (unpaired) electrons. The lowest BCUT2D eigenvalue weighted by Crippen LogP contribution is -2.58. The maximum absolute atomic E-state index is 13.5. The number of halogens is 3. The lowest BCUT2D eigenvalue weighted by atomic mass is 9.92. The van der Waals surface area contributed by atoms with Crippen LogP contribution < -0.4 is 5.32 Å². The first-order valence-electron chi connectivity index (χ1n) is 13.0. The molecule has 1 saturated heterocycles. The topological polar surface area (TPSA) is 55.9 Å². The molecular weight excluding hydrogens is 525 g/mol. The van der Waals surface area contributed by atoms with E-state index in [1.807, 2.05) is 6.92 Å². The molecule has 0 aliphatic carbocycles. The smallest absolute Gasteiger partial charge is 0.338 e. The number of aryl methyl sites for hydroxylation is 1. The van der Waals surface area contributed by atoms with Crippen LogP contribution in [0.15, 0.2) is 60.0 Å². The van der Waals surface area contributed by atoms with Crippen LogP contribution in [0.5, 0.6) is 0 Å². The molecule has 39 heavy (non-hydrogen) atoms. The SMILES string of the molecule is Cc1ccc([C@H]2c3ccsc3CCN2CC(=O)N2CCN(C(=O)Nc3cccc(C(F)(F)F)c3)[C@H](C)C2)cc1. The molecule has 0 bridgehead atoms. The summed E-state index contributed by atoms with van der Waals surface area (Å²) in [7, 11) is 0. The number of urea groups is 1. The highest BCUT2D eigenvalue weighted by Crippen LogP contribution is 2.38. The van der Waals surface area contributed by atoms with Crippen molar-refractivity contribution in [1.82, 2.24) is 14.7 Å². The van der Waals surface area contributed by atoms with Crippen LogP contribution >= 0.6 is 11.3 Å². The fraction of sp³-hybridized carbons (Fsp3) is 0.379. The molecule has 206 valence electrons. The Labute approximate surface area is 230 Å². The minimum Gasteiger partial charge on any atom is -0.338 e. The standard InChI is InChI=1S/C29H31F3N4O2S/c1-19-6-8-21(9-7-19)27-24-11-15-39-25(24)10-12-35(27)18-26(37)34-13-14-36(20(2)17-34)28(38)33-23-5-3-4-22(16-23)29(30,31)32/h3-9,11,15-16,20,27H,10,12-14,17-18H2,1-2H3,(H,33,38)/t20-,27+/m1/s1. The second kappa shape index (κ2) is 11.0. The van der Waals surface area contributed by atoms with Gasteiger partial charge in [0.1, 0.15) is 0 Å². The highest BCUT2D eigenvalue weighted by molar-refractivity contribution is 7.10. The van der Waals surface area contributed by atoms with Gasteiger partial charge in [0.15, 0.2) is 0 Å². The Bertz CT molecular complexity index is 1340. The van der Waals surface area contributed by atoms with Crippen molar-refractivity contribution in [1.29, 1.82) is 0 Å². The maximum atomic E-state index is 13.5. The zero-order chi connectivity index (χ0) is 27.7. The van der Waals surface area contributed by atoms with Gasteiger partial charge in [-0.1, -0.05) is 35.9 Å². The van der Waals surface area contributed by atoms with Crippen LogP contribution in [0.1, 0.15) is 40.1 Å². The number of fused-ring (bicyclic) bond motifs is 1. The zero-order valence-electron chi connectivity index (χ0n) is 21.9. The average molecular weight is 557 g/mol. The number of thiophene rings is 1. The molecule has 1 N–H and O–H groups in total. The zero-order valence-corrected chi connectivity index (χ0v) is 22.7. The van der Waals surface area contributed by atoms with Crippen LogP contribution in [-0.2, 0) is 17.4 Å². The molecule has 5 rings (SSSR count). The van der Waals surface area contributed by atoms with E-state index in [0.29, 0.717) is 19.6 Å². The number of anilines is 1. The summed E-state index contributed by atoms with van der Waals surface area (Å²) in [5, 5.41) is 4.69. The number of benzene rings is 2. The number of nitrogens with zero attached hydrogens (tertiary/aromatic N) is 3. The van der Waals surface area contributed by atoms with Gasteiger partial charge in [-0.2, -0.15) is 13.2 Å². The second-order valence-electron chi connectivity index (χ2n) is 10.2. The molecule has 2 aromatic carbocycles. The molecule has 0 saturated carbocycles. The molecule has 0 spiro atoms. The molecule has 3 aromatic rings. The van der Waals surface area contributed by atoms with Gasteiger partial charge in [0.05, 0.1) is 18.2 Å². The monoisotopic (exact) mass is 556 g/mol.